The van der Waals surface area contributed by atoms with Crippen LogP contribution in [-0.2, 0) is 0 Å². The number of rotatable bonds is 8. The molecule has 23 heavy (non-hydrogen) atoms. The van der Waals surface area contributed by atoms with Crippen molar-refractivity contribution in [3.63, 3.8) is 0 Å². The van der Waals surface area contributed by atoms with E-state index >= 15 is 0 Å². The van der Waals surface area contributed by atoms with Crippen LogP contribution in [-0.4, -0.2) is 24.4 Å². The number of aliphatic hydroxyl groups is 1. The summed E-state index contributed by atoms with van der Waals surface area (Å²) in [6.07, 6.45) is 0.432. The third-order valence-electron chi connectivity index (χ3n) is 3.74. The van der Waals surface area contributed by atoms with Crippen LogP contribution in [0.25, 0.3) is 0 Å². The predicted octanol–water partition coefficient (Wildman–Crippen LogP) is 4.24. The van der Waals surface area contributed by atoms with Crippen LogP contribution in [0.4, 0.5) is 0 Å². The third kappa shape index (κ3) is 5.98. The van der Waals surface area contributed by atoms with E-state index in [2.05, 4.69) is 59.4 Å². The summed E-state index contributed by atoms with van der Waals surface area (Å²) >= 11 is 3.39. The van der Waals surface area contributed by atoms with Crippen molar-refractivity contribution in [3.8, 4) is 5.75 Å². The van der Waals surface area contributed by atoms with Crippen molar-refractivity contribution in [3.05, 3.63) is 64.1 Å². The highest BCUT2D eigenvalue weighted by Crippen LogP contribution is 2.18. The van der Waals surface area contributed by atoms with Gasteiger partial charge in [-0.05, 0) is 43.2 Å². The number of hydrogen-bond donors (Lipinski definition) is 2. The van der Waals surface area contributed by atoms with Crippen molar-refractivity contribution >= 4 is 15.9 Å². The fraction of sp³-hybridized carbons (Fsp3) is 0.368. The fourth-order valence-electron chi connectivity index (χ4n) is 2.36. The molecule has 2 unspecified atom stereocenters. The van der Waals surface area contributed by atoms with Crippen molar-refractivity contribution in [2.24, 2.45) is 0 Å². The largest absolute Gasteiger partial charge is 0.491 e. The van der Waals surface area contributed by atoms with E-state index in [-0.39, 0.29) is 12.6 Å². The molecule has 3 nitrogen and oxygen atoms in total. The molecule has 124 valence electrons. The molecule has 0 aliphatic heterocycles. The van der Waals surface area contributed by atoms with Crippen LogP contribution in [0.3, 0.4) is 0 Å². The zero-order valence-corrected chi connectivity index (χ0v) is 15.2. The number of aliphatic hydroxyl groups excluding tert-OH is 1. The van der Waals surface area contributed by atoms with Gasteiger partial charge >= 0.3 is 0 Å². The maximum absolute atomic E-state index is 10.1. The standard InChI is InChI=1S/C19H24BrNO2/c1-3-19(15-6-4-14(2)5-7-15)21-12-17(22)13-23-18-10-8-16(20)9-11-18/h4-11,17,19,21-22H,3,12-13H2,1-2H3. The first-order valence-electron chi connectivity index (χ1n) is 7.95. The van der Waals surface area contributed by atoms with Gasteiger partial charge < -0.3 is 15.2 Å². The molecule has 0 aliphatic carbocycles. The summed E-state index contributed by atoms with van der Waals surface area (Å²) < 4.78 is 6.61. The van der Waals surface area contributed by atoms with Gasteiger partial charge in [-0.25, -0.2) is 0 Å². The summed E-state index contributed by atoms with van der Waals surface area (Å²) in [4.78, 5) is 0. The Morgan fingerprint density at radius 3 is 2.35 bits per heavy atom. The molecule has 2 atom stereocenters. The molecule has 0 heterocycles. The smallest absolute Gasteiger partial charge is 0.119 e. The Kier molecular flexibility index (Phi) is 7.09. The number of nitrogens with one attached hydrogen (secondary N) is 1. The average Bonchev–Trinajstić information content (AvgIpc) is 2.56. The second kappa shape index (κ2) is 9.06. The lowest BCUT2D eigenvalue weighted by Gasteiger charge is -2.20. The van der Waals surface area contributed by atoms with Gasteiger partial charge in [0, 0.05) is 17.1 Å². The van der Waals surface area contributed by atoms with E-state index in [4.69, 9.17) is 4.74 Å². The first kappa shape index (κ1) is 18.0. The van der Waals surface area contributed by atoms with Gasteiger partial charge in [-0.1, -0.05) is 52.7 Å². The minimum absolute atomic E-state index is 0.248. The topological polar surface area (TPSA) is 41.5 Å². The lowest BCUT2D eigenvalue weighted by Crippen LogP contribution is -2.33. The Morgan fingerprint density at radius 2 is 1.74 bits per heavy atom. The predicted molar refractivity (Wildman–Crippen MR) is 97.9 cm³/mol. The van der Waals surface area contributed by atoms with Gasteiger partial charge in [0.25, 0.3) is 0 Å². The summed E-state index contributed by atoms with van der Waals surface area (Å²) in [6.45, 7) is 5.01. The number of benzene rings is 2. The van der Waals surface area contributed by atoms with Gasteiger partial charge in [-0.15, -0.1) is 0 Å². The van der Waals surface area contributed by atoms with Crippen LogP contribution in [0.5, 0.6) is 5.75 Å². The maximum atomic E-state index is 10.1. The second-order valence-electron chi connectivity index (χ2n) is 5.70. The van der Waals surface area contributed by atoms with Crippen molar-refractivity contribution in [2.75, 3.05) is 13.2 Å². The quantitative estimate of drug-likeness (QED) is 0.722. The monoisotopic (exact) mass is 377 g/mol. The summed E-state index contributed by atoms with van der Waals surface area (Å²) in [5, 5.41) is 13.5. The molecule has 0 saturated heterocycles. The molecule has 0 aliphatic rings. The van der Waals surface area contributed by atoms with Crippen molar-refractivity contribution in [2.45, 2.75) is 32.4 Å². The number of hydrogen-bond acceptors (Lipinski definition) is 3. The summed E-state index contributed by atoms with van der Waals surface area (Å²) in [5.74, 6) is 0.762. The molecule has 2 aromatic rings. The highest BCUT2D eigenvalue weighted by Gasteiger charge is 2.12. The third-order valence-corrected chi connectivity index (χ3v) is 4.27. The minimum Gasteiger partial charge on any atom is -0.491 e. The average molecular weight is 378 g/mol. The summed E-state index contributed by atoms with van der Waals surface area (Å²) in [6, 6.07) is 16.4. The second-order valence-corrected chi connectivity index (χ2v) is 6.61. The van der Waals surface area contributed by atoms with Crippen LogP contribution < -0.4 is 10.1 Å². The van der Waals surface area contributed by atoms with Crippen LogP contribution in [0, 0.1) is 6.92 Å². The van der Waals surface area contributed by atoms with Crippen LogP contribution in [0.2, 0.25) is 0 Å². The molecule has 0 saturated carbocycles. The summed E-state index contributed by atoms with van der Waals surface area (Å²) in [7, 11) is 0. The first-order valence-corrected chi connectivity index (χ1v) is 8.74. The molecule has 0 amide bonds. The lowest BCUT2D eigenvalue weighted by atomic mass is 10.0. The van der Waals surface area contributed by atoms with E-state index < -0.39 is 6.10 Å². The molecule has 0 aromatic heterocycles. The Bertz CT molecular complexity index is 583. The molecule has 0 fully saturated rings. The molecule has 0 radical (unpaired) electrons. The molecular weight excluding hydrogens is 354 g/mol. The van der Waals surface area contributed by atoms with E-state index in [0.29, 0.717) is 6.54 Å². The number of ether oxygens (including phenoxy) is 1. The number of halogens is 1. The molecule has 2 rings (SSSR count). The van der Waals surface area contributed by atoms with Gasteiger partial charge in [-0.3, -0.25) is 0 Å². The van der Waals surface area contributed by atoms with Crippen LogP contribution in [0.15, 0.2) is 53.0 Å². The van der Waals surface area contributed by atoms with E-state index in [0.717, 1.165) is 16.6 Å². The van der Waals surface area contributed by atoms with Crippen molar-refractivity contribution in [1.29, 1.82) is 0 Å². The maximum Gasteiger partial charge on any atom is 0.119 e. The lowest BCUT2D eigenvalue weighted by molar-refractivity contribution is 0.103. The van der Waals surface area contributed by atoms with Gasteiger partial charge in [0.05, 0.1) is 0 Å². The van der Waals surface area contributed by atoms with E-state index in [1.54, 1.807) is 0 Å². The summed E-state index contributed by atoms with van der Waals surface area (Å²) in [5.41, 5.74) is 2.51. The molecule has 0 bridgehead atoms. The molecule has 4 heteroatoms. The highest BCUT2D eigenvalue weighted by molar-refractivity contribution is 9.10. The first-order chi connectivity index (χ1) is 11.1. The number of aryl methyl sites for hydroxylation is 1. The molecule has 2 N–H and O–H groups in total. The van der Waals surface area contributed by atoms with Crippen molar-refractivity contribution in [1.82, 2.24) is 5.32 Å². The fourth-order valence-corrected chi connectivity index (χ4v) is 2.62. The Labute approximate surface area is 146 Å². The van der Waals surface area contributed by atoms with Crippen molar-refractivity contribution < 1.29 is 9.84 Å². The Hall–Kier alpha value is -1.36. The van der Waals surface area contributed by atoms with E-state index in [9.17, 15) is 5.11 Å². The zero-order valence-electron chi connectivity index (χ0n) is 13.6. The van der Waals surface area contributed by atoms with Gasteiger partial charge in [0.1, 0.15) is 18.5 Å². The van der Waals surface area contributed by atoms with Crippen LogP contribution >= 0.6 is 15.9 Å². The van der Waals surface area contributed by atoms with Gasteiger partial charge in [0.2, 0.25) is 0 Å². The zero-order chi connectivity index (χ0) is 16.7. The van der Waals surface area contributed by atoms with Gasteiger partial charge in [0.15, 0.2) is 0 Å². The molecule has 0 spiro atoms. The Morgan fingerprint density at radius 1 is 1.09 bits per heavy atom. The Balaban J connectivity index is 1.79. The molecule has 2 aromatic carbocycles. The highest BCUT2D eigenvalue weighted by atomic mass is 79.9. The van der Waals surface area contributed by atoms with E-state index in [1.165, 1.54) is 11.1 Å². The van der Waals surface area contributed by atoms with E-state index in [1.807, 2.05) is 24.3 Å². The minimum atomic E-state index is -0.543. The molecular formula is C19H24BrNO2. The van der Waals surface area contributed by atoms with Crippen LogP contribution in [0.1, 0.15) is 30.5 Å². The normalized spacial score (nSPS) is 13.6. The SMILES string of the molecule is CCC(NCC(O)COc1ccc(Br)cc1)c1ccc(C)cc1. The van der Waals surface area contributed by atoms with Gasteiger partial charge in [-0.2, -0.15) is 0 Å².